The molecule has 2 atom stereocenters. The van der Waals surface area contributed by atoms with Crippen LogP contribution in [-0.2, 0) is 5.60 Å². The van der Waals surface area contributed by atoms with Gasteiger partial charge in [-0.05, 0) is 29.4 Å². The van der Waals surface area contributed by atoms with Crippen LogP contribution in [0.3, 0.4) is 0 Å². The van der Waals surface area contributed by atoms with Gasteiger partial charge in [-0.3, -0.25) is 0 Å². The molecule has 2 aromatic rings. The lowest BCUT2D eigenvalue weighted by atomic mass is 9.66. The smallest absolute Gasteiger partial charge is 0.118 e. The number of hydrogen-bond acceptors (Lipinski definition) is 1. The summed E-state index contributed by atoms with van der Waals surface area (Å²) in [5.74, 6) is 1.14. The SMILES string of the molecule is C[C@H](C[C@@H](C1C=CC=C1)C(O)(c1ccccc1)c1ccccc1)C1C=CC=C1. The zero-order chi connectivity index (χ0) is 19.4. The van der Waals surface area contributed by atoms with Crippen LogP contribution in [0.2, 0.25) is 0 Å². The first-order valence-electron chi connectivity index (χ1n) is 10.2. The summed E-state index contributed by atoms with van der Waals surface area (Å²) in [6.07, 6.45) is 18.4. The Balaban J connectivity index is 1.79. The summed E-state index contributed by atoms with van der Waals surface area (Å²) in [6, 6.07) is 20.3. The lowest BCUT2D eigenvalue weighted by Crippen LogP contribution is -2.41. The minimum atomic E-state index is -1.05. The highest BCUT2D eigenvalue weighted by molar-refractivity contribution is 5.39. The van der Waals surface area contributed by atoms with Crippen molar-refractivity contribution >= 4 is 0 Å². The van der Waals surface area contributed by atoms with Gasteiger partial charge < -0.3 is 5.11 Å². The maximum absolute atomic E-state index is 12.4. The third kappa shape index (κ3) is 3.55. The average Bonchev–Trinajstić information content (AvgIpc) is 3.47. The number of allylic oxidation sites excluding steroid dienone is 8. The Hall–Kier alpha value is -2.64. The number of rotatable bonds is 7. The van der Waals surface area contributed by atoms with Crippen molar-refractivity contribution in [2.75, 3.05) is 0 Å². The minimum Gasteiger partial charge on any atom is -0.380 e. The van der Waals surface area contributed by atoms with Gasteiger partial charge in [0.25, 0.3) is 0 Å². The molecular formula is C27H28O. The molecule has 0 aliphatic heterocycles. The molecule has 0 fully saturated rings. The fraction of sp³-hybridized carbons (Fsp3) is 0.259. The van der Waals surface area contributed by atoms with Crippen molar-refractivity contribution < 1.29 is 5.11 Å². The quantitative estimate of drug-likeness (QED) is 0.631. The van der Waals surface area contributed by atoms with Gasteiger partial charge in [0.1, 0.15) is 5.60 Å². The molecular weight excluding hydrogens is 340 g/mol. The molecule has 28 heavy (non-hydrogen) atoms. The van der Waals surface area contributed by atoms with Crippen LogP contribution in [-0.4, -0.2) is 5.11 Å². The molecule has 0 aromatic heterocycles. The maximum Gasteiger partial charge on any atom is 0.118 e. The Kier molecular flexibility index (Phi) is 5.45. The van der Waals surface area contributed by atoms with Crippen LogP contribution in [0.25, 0.3) is 0 Å². The molecule has 0 amide bonds. The first-order valence-corrected chi connectivity index (χ1v) is 10.2. The fourth-order valence-electron chi connectivity index (χ4n) is 4.69. The number of aliphatic hydroxyl groups is 1. The molecule has 142 valence electrons. The van der Waals surface area contributed by atoms with E-state index in [2.05, 4.69) is 79.8 Å². The van der Waals surface area contributed by atoms with E-state index in [0.717, 1.165) is 17.5 Å². The largest absolute Gasteiger partial charge is 0.380 e. The summed E-state index contributed by atoms with van der Waals surface area (Å²) in [5.41, 5.74) is 0.876. The van der Waals surface area contributed by atoms with Crippen molar-refractivity contribution in [3.63, 3.8) is 0 Å². The molecule has 1 nitrogen and oxygen atoms in total. The molecule has 1 heteroatoms. The van der Waals surface area contributed by atoms with E-state index in [4.69, 9.17) is 0 Å². The van der Waals surface area contributed by atoms with Crippen molar-refractivity contribution in [3.05, 3.63) is 120 Å². The Morgan fingerprint density at radius 2 is 1.14 bits per heavy atom. The topological polar surface area (TPSA) is 20.2 Å². The van der Waals surface area contributed by atoms with Gasteiger partial charge in [-0.25, -0.2) is 0 Å². The van der Waals surface area contributed by atoms with E-state index in [1.807, 2.05) is 36.4 Å². The van der Waals surface area contributed by atoms with Crippen LogP contribution in [0.4, 0.5) is 0 Å². The maximum atomic E-state index is 12.4. The van der Waals surface area contributed by atoms with Crippen LogP contribution in [0, 0.1) is 23.7 Å². The molecule has 0 radical (unpaired) electrons. The molecule has 2 aliphatic carbocycles. The van der Waals surface area contributed by atoms with E-state index in [9.17, 15) is 5.11 Å². The number of benzene rings is 2. The second-order valence-corrected chi connectivity index (χ2v) is 8.01. The van der Waals surface area contributed by atoms with Gasteiger partial charge in [-0.1, -0.05) is 116 Å². The summed E-state index contributed by atoms with van der Waals surface area (Å²) >= 11 is 0. The lowest BCUT2D eigenvalue weighted by Gasteiger charge is -2.41. The van der Waals surface area contributed by atoms with E-state index in [1.54, 1.807) is 0 Å². The standard InChI is InChI=1S/C27H28O/c1-21(22-12-8-9-13-22)20-26(23-14-10-11-15-23)27(28,24-16-4-2-5-17-24)25-18-6-3-7-19-25/h2-19,21-23,26,28H,20H2,1H3/t21-,26+/m1/s1. The lowest BCUT2D eigenvalue weighted by molar-refractivity contribution is -0.00700. The number of hydrogen-bond donors (Lipinski definition) is 1. The van der Waals surface area contributed by atoms with Crippen LogP contribution in [0.5, 0.6) is 0 Å². The normalized spacial score (nSPS) is 18.8. The minimum absolute atomic E-state index is 0.0460. The van der Waals surface area contributed by atoms with E-state index in [-0.39, 0.29) is 11.8 Å². The monoisotopic (exact) mass is 368 g/mol. The van der Waals surface area contributed by atoms with E-state index in [0.29, 0.717) is 11.8 Å². The molecule has 0 unspecified atom stereocenters. The predicted molar refractivity (Wildman–Crippen MR) is 117 cm³/mol. The molecule has 0 saturated carbocycles. The zero-order valence-corrected chi connectivity index (χ0v) is 16.4. The van der Waals surface area contributed by atoms with E-state index < -0.39 is 5.60 Å². The third-order valence-corrected chi connectivity index (χ3v) is 6.27. The highest BCUT2D eigenvalue weighted by Crippen LogP contribution is 2.46. The van der Waals surface area contributed by atoms with Gasteiger partial charge in [0.15, 0.2) is 0 Å². The van der Waals surface area contributed by atoms with Gasteiger partial charge in [0.05, 0.1) is 0 Å². The summed E-state index contributed by atoms with van der Waals surface area (Å²) in [6.45, 7) is 2.30. The van der Waals surface area contributed by atoms with Crippen LogP contribution >= 0.6 is 0 Å². The highest BCUT2D eigenvalue weighted by atomic mass is 16.3. The Labute approximate surface area is 168 Å². The molecule has 0 saturated heterocycles. The van der Waals surface area contributed by atoms with Gasteiger partial charge in [0, 0.05) is 11.8 Å². The molecule has 0 bridgehead atoms. The molecule has 1 N–H and O–H groups in total. The van der Waals surface area contributed by atoms with Crippen molar-refractivity contribution in [1.82, 2.24) is 0 Å². The van der Waals surface area contributed by atoms with Gasteiger partial charge in [-0.15, -0.1) is 0 Å². The summed E-state index contributed by atoms with van der Waals surface area (Å²) < 4.78 is 0. The fourth-order valence-corrected chi connectivity index (χ4v) is 4.69. The van der Waals surface area contributed by atoms with Crippen molar-refractivity contribution in [2.24, 2.45) is 23.7 Å². The van der Waals surface area contributed by atoms with Gasteiger partial charge in [-0.2, -0.15) is 0 Å². The average molecular weight is 369 g/mol. The molecule has 2 aliphatic rings. The summed E-state index contributed by atoms with van der Waals surface area (Å²) in [4.78, 5) is 0. The summed E-state index contributed by atoms with van der Waals surface area (Å²) in [7, 11) is 0. The Morgan fingerprint density at radius 3 is 1.61 bits per heavy atom. The second-order valence-electron chi connectivity index (χ2n) is 8.01. The Bertz CT molecular complexity index is 825. The van der Waals surface area contributed by atoms with Gasteiger partial charge >= 0.3 is 0 Å². The van der Waals surface area contributed by atoms with Gasteiger partial charge in [0.2, 0.25) is 0 Å². The first-order chi connectivity index (χ1) is 13.7. The molecule has 0 heterocycles. The van der Waals surface area contributed by atoms with Crippen LogP contribution in [0.15, 0.2) is 109 Å². The predicted octanol–water partition coefficient (Wildman–Crippen LogP) is 6.05. The van der Waals surface area contributed by atoms with Crippen molar-refractivity contribution in [1.29, 1.82) is 0 Å². The van der Waals surface area contributed by atoms with Crippen molar-refractivity contribution in [2.45, 2.75) is 18.9 Å². The second kappa shape index (κ2) is 8.16. The third-order valence-electron chi connectivity index (χ3n) is 6.27. The summed E-state index contributed by atoms with van der Waals surface area (Å²) in [5, 5.41) is 12.4. The highest BCUT2D eigenvalue weighted by Gasteiger charge is 2.44. The zero-order valence-electron chi connectivity index (χ0n) is 16.4. The van der Waals surface area contributed by atoms with E-state index >= 15 is 0 Å². The molecule has 2 aromatic carbocycles. The first kappa shape index (κ1) is 18.7. The van der Waals surface area contributed by atoms with Crippen LogP contribution in [0.1, 0.15) is 24.5 Å². The Morgan fingerprint density at radius 1 is 0.714 bits per heavy atom. The van der Waals surface area contributed by atoms with Crippen molar-refractivity contribution in [3.8, 4) is 0 Å². The molecule has 4 rings (SSSR count). The van der Waals surface area contributed by atoms with Crippen LogP contribution < -0.4 is 0 Å². The van der Waals surface area contributed by atoms with E-state index in [1.165, 1.54) is 0 Å². The molecule has 0 spiro atoms.